The van der Waals surface area contributed by atoms with E-state index < -0.39 is 5.60 Å². The summed E-state index contributed by atoms with van der Waals surface area (Å²) in [5.41, 5.74) is 2.27. The van der Waals surface area contributed by atoms with Gasteiger partial charge in [-0.1, -0.05) is 42.5 Å². The van der Waals surface area contributed by atoms with E-state index in [0.29, 0.717) is 12.4 Å². The van der Waals surface area contributed by atoms with E-state index in [-0.39, 0.29) is 5.92 Å². The average molecular weight is 322 g/mol. The third-order valence-electron chi connectivity index (χ3n) is 5.09. The van der Waals surface area contributed by atoms with Crippen LogP contribution in [-0.2, 0) is 6.42 Å². The fraction of sp³-hybridized carbons (Fsp3) is 0.350. The summed E-state index contributed by atoms with van der Waals surface area (Å²) in [5, 5.41) is 10.8. The molecule has 0 spiro atoms. The second-order valence-corrected chi connectivity index (χ2v) is 6.90. The van der Waals surface area contributed by atoms with Crippen molar-refractivity contribution in [2.24, 2.45) is 5.92 Å². The summed E-state index contributed by atoms with van der Waals surface area (Å²) in [7, 11) is 0. The molecule has 0 radical (unpaired) electrons. The van der Waals surface area contributed by atoms with Gasteiger partial charge in [0.15, 0.2) is 5.58 Å². The number of hydrogen-bond acceptors (Lipinski definition) is 4. The molecule has 4 heteroatoms. The smallest absolute Gasteiger partial charge is 0.298 e. The quantitative estimate of drug-likeness (QED) is 0.800. The molecule has 24 heavy (non-hydrogen) atoms. The van der Waals surface area contributed by atoms with Crippen molar-refractivity contribution < 1.29 is 9.52 Å². The Kier molecular flexibility index (Phi) is 3.77. The van der Waals surface area contributed by atoms with Crippen LogP contribution in [-0.4, -0.2) is 28.8 Å². The van der Waals surface area contributed by atoms with Crippen LogP contribution in [0.15, 0.2) is 59.0 Å². The molecular formula is C20H22N2O2. The van der Waals surface area contributed by atoms with Gasteiger partial charge in [0.2, 0.25) is 0 Å². The summed E-state index contributed by atoms with van der Waals surface area (Å²) in [6.07, 6.45) is 1.56. The summed E-state index contributed by atoms with van der Waals surface area (Å²) in [6, 6.07) is 18.8. The van der Waals surface area contributed by atoms with Gasteiger partial charge in [0.05, 0.1) is 5.60 Å². The summed E-state index contributed by atoms with van der Waals surface area (Å²) >= 11 is 0. The number of anilines is 1. The normalized spacial score (nSPS) is 24.4. The summed E-state index contributed by atoms with van der Waals surface area (Å²) in [5.74, 6) is 0.142. The zero-order chi connectivity index (χ0) is 16.6. The van der Waals surface area contributed by atoms with Crippen molar-refractivity contribution in [1.82, 2.24) is 4.98 Å². The average Bonchev–Trinajstić information content (AvgIpc) is 3.01. The number of nitrogens with zero attached hydrogens (tertiary/aromatic N) is 2. The van der Waals surface area contributed by atoms with Gasteiger partial charge in [0.25, 0.3) is 6.01 Å². The molecule has 2 aromatic carbocycles. The molecule has 4 rings (SSSR count). The van der Waals surface area contributed by atoms with E-state index in [2.05, 4.69) is 22.0 Å². The minimum absolute atomic E-state index is 0.142. The van der Waals surface area contributed by atoms with Crippen LogP contribution in [0.4, 0.5) is 6.01 Å². The SMILES string of the molecule is C[C@@]1(O)CCN(c2nc3ccccc3o2)C[C@@H]1Cc1ccccc1. The number of oxazole rings is 1. The molecule has 0 amide bonds. The van der Waals surface area contributed by atoms with Crippen molar-refractivity contribution in [2.45, 2.75) is 25.4 Å². The minimum atomic E-state index is -0.668. The van der Waals surface area contributed by atoms with Gasteiger partial charge < -0.3 is 14.4 Å². The molecule has 1 N–H and O–H groups in total. The standard InChI is InChI=1S/C20H22N2O2/c1-20(23)11-12-22(14-16(20)13-15-7-3-2-4-8-15)19-21-17-9-5-6-10-18(17)24-19/h2-10,16,23H,11-14H2,1H3/t16-,20+/m0/s1. The Morgan fingerprint density at radius 1 is 1.17 bits per heavy atom. The number of fused-ring (bicyclic) bond motifs is 1. The molecule has 1 aromatic heterocycles. The van der Waals surface area contributed by atoms with Gasteiger partial charge in [-0.05, 0) is 37.5 Å². The molecule has 4 nitrogen and oxygen atoms in total. The zero-order valence-electron chi connectivity index (χ0n) is 13.9. The Labute approximate surface area is 141 Å². The van der Waals surface area contributed by atoms with Crippen LogP contribution in [0.25, 0.3) is 11.1 Å². The summed E-state index contributed by atoms with van der Waals surface area (Å²) in [6.45, 7) is 3.45. The van der Waals surface area contributed by atoms with Gasteiger partial charge in [-0.25, -0.2) is 0 Å². The van der Waals surface area contributed by atoms with Crippen LogP contribution in [0.1, 0.15) is 18.9 Å². The van der Waals surface area contributed by atoms with Crippen LogP contribution >= 0.6 is 0 Å². The molecule has 0 unspecified atom stereocenters. The van der Waals surface area contributed by atoms with Crippen LogP contribution < -0.4 is 4.90 Å². The largest absolute Gasteiger partial charge is 0.423 e. The fourth-order valence-electron chi connectivity index (χ4n) is 3.47. The van der Waals surface area contributed by atoms with Gasteiger partial charge in [0.1, 0.15) is 5.52 Å². The summed E-state index contributed by atoms with van der Waals surface area (Å²) in [4.78, 5) is 6.76. The first-order valence-electron chi connectivity index (χ1n) is 8.49. The number of hydrogen-bond donors (Lipinski definition) is 1. The summed E-state index contributed by atoms with van der Waals surface area (Å²) < 4.78 is 5.91. The lowest BCUT2D eigenvalue weighted by Gasteiger charge is -2.42. The topological polar surface area (TPSA) is 49.5 Å². The third kappa shape index (κ3) is 2.89. The Hall–Kier alpha value is -2.33. The van der Waals surface area contributed by atoms with Gasteiger partial charge in [-0.2, -0.15) is 4.98 Å². The van der Waals surface area contributed by atoms with Crippen LogP contribution in [0.5, 0.6) is 0 Å². The zero-order valence-corrected chi connectivity index (χ0v) is 13.9. The van der Waals surface area contributed by atoms with E-state index in [1.165, 1.54) is 5.56 Å². The van der Waals surface area contributed by atoms with E-state index in [4.69, 9.17) is 4.42 Å². The Morgan fingerprint density at radius 3 is 2.71 bits per heavy atom. The predicted octanol–water partition coefficient (Wildman–Crippen LogP) is 3.65. The molecule has 0 saturated carbocycles. The molecule has 2 atom stereocenters. The van der Waals surface area contributed by atoms with Crippen LogP contribution in [0, 0.1) is 5.92 Å². The Morgan fingerprint density at radius 2 is 1.92 bits per heavy atom. The molecule has 1 fully saturated rings. The molecule has 1 aliphatic heterocycles. The first-order chi connectivity index (χ1) is 11.6. The van der Waals surface area contributed by atoms with Crippen molar-refractivity contribution in [3.8, 4) is 0 Å². The van der Waals surface area contributed by atoms with Crippen molar-refractivity contribution in [3.63, 3.8) is 0 Å². The minimum Gasteiger partial charge on any atom is -0.423 e. The van der Waals surface area contributed by atoms with E-state index in [1.54, 1.807) is 0 Å². The molecule has 1 aliphatic rings. The Bertz CT molecular complexity index is 793. The molecule has 124 valence electrons. The van der Waals surface area contributed by atoms with Gasteiger partial charge in [-0.15, -0.1) is 0 Å². The molecule has 3 aromatic rings. The van der Waals surface area contributed by atoms with Gasteiger partial charge in [-0.3, -0.25) is 0 Å². The van der Waals surface area contributed by atoms with Crippen LogP contribution in [0.2, 0.25) is 0 Å². The lowest BCUT2D eigenvalue weighted by Crippen LogP contribution is -2.51. The fourth-order valence-corrected chi connectivity index (χ4v) is 3.47. The first kappa shape index (κ1) is 15.2. The van der Waals surface area contributed by atoms with E-state index in [0.717, 1.165) is 30.6 Å². The molecular weight excluding hydrogens is 300 g/mol. The maximum Gasteiger partial charge on any atom is 0.298 e. The lowest BCUT2D eigenvalue weighted by atomic mass is 9.79. The highest BCUT2D eigenvalue weighted by atomic mass is 16.4. The van der Waals surface area contributed by atoms with Gasteiger partial charge in [0, 0.05) is 19.0 Å². The maximum atomic E-state index is 10.8. The van der Waals surface area contributed by atoms with E-state index in [9.17, 15) is 5.11 Å². The third-order valence-corrected chi connectivity index (χ3v) is 5.09. The van der Waals surface area contributed by atoms with E-state index >= 15 is 0 Å². The molecule has 0 aliphatic carbocycles. The molecule has 2 heterocycles. The number of aliphatic hydroxyl groups is 1. The van der Waals surface area contributed by atoms with Crippen molar-refractivity contribution in [3.05, 3.63) is 60.2 Å². The highest BCUT2D eigenvalue weighted by molar-refractivity contribution is 5.74. The molecule has 0 bridgehead atoms. The highest BCUT2D eigenvalue weighted by Gasteiger charge is 2.38. The number of para-hydroxylation sites is 2. The van der Waals surface area contributed by atoms with Crippen molar-refractivity contribution >= 4 is 17.1 Å². The predicted molar refractivity (Wildman–Crippen MR) is 95.1 cm³/mol. The second kappa shape index (κ2) is 5.95. The van der Waals surface area contributed by atoms with Gasteiger partial charge >= 0.3 is 0 Å². The monoisotopic (exact) mass is 322 g/mol. The van der Waals surface area contributed by atoms with Crippen molar-refractivity contribution in [2.75, 3.05) is 18.0 Å². The highest BCUT2D eigenvalue weighted by Crippen LogP contribution is 2.33. The maximum absolute atomic E-state index is 10.8. The van der Waals surface area contributed by atoms with E-state index in [1.807, 2.05) is 49.4 Å². The lowest BCUT2D eigenvalue weighted by molar-refractivity contribution is -0.0174. The first-order valence-corrected chi connectivity index (χ1v) is 8.49. The second-order valence-electron chi connectivity index (χ2n) is 6.90. The van der Waals surface area contributed by atoms with Crippen LogP contribution in [0.3, 0.4) is 0 Å². The Balaban J connectivity index is 1.57. The number of rotatable bonds is 3. The van der Waals surface area contributed by atoms with Crippen molar-refractivity contribution in [1.29, 1.82) is 0 Å². The number of piperidine rings is 1. The molecule has 1 saturated heterocycles. The number of aromatic nitrogens is 1. The number of benzene rings is 2.